The van der Waals surface area contributed by atoms with Crippen molar-refractivity contribution in [2.75, 3.05) is 5.32 Å². The molecule has 0 atom stereocenters. The van der Waals surface area contributed by atoms with Gasteiger partial charge < -0.3 is 5.32 Å². The third-order valence-corrected chi connectivity index (χ3v) is 5.23. The van der Waals surface area contributed by atoms with Crippen LogP contribution in [0.3, 0.4) is 0 Å². The molecule has 4 aromatic rings. The third kappa shape index (κ3) is 3.74. The van der Waals surface area contributed by atoms with Crippen LogP contribution < -0.4 is 10.9 Å². The van der Waals surface area contributed by atoms with Crippen molar-refractivity contribution >= 4 is 22.6 Å². The van der Waals surface area contributed by atoms with Crippen molar-refractivity contribution in [2.45, 2.75) is 33.7 Å². The van der Waals surface area contributed by atoms with Gasteiger partial charge in [0.1, 0.15) is 11.2 Å². The van der Waals surface area contributed by atoms with E-state index in [-0.39, 0.29) is 24.4 Å². The molecule has 0 aliphatic carbocycles. The number of rotatable bonds is 5. The van der Waals surface area contributed by atoms with Crippen LogP contribution in [0.15, 0.2) is 59.5 Å². The lowest BCUT2D eigenvalue weighted by Gasteiger charge is -2.11. The van der Waals surface area contributed by atoms with Crippen LogP contribution in [0.2, 0.25) is 0 Å². The number of carbonyl (C=O) groups excluding carboxylic acids is 1. The van der Waals surface area contributed by atoms with E-state index >= 15 is 0 Å². The minimum absolute atomic E-state index is 0.148. The van der Waals surface area contributed by atoms with Gasteiger partial charge in [0.2, 0.25) is 5.91 Å². The quantitative estimate of drug-likeness (QED) is 0.555. The first kappa shape index (κ1) is 19.6. The van der Waals surface area contributed by atoms with E-state index in [2.05, 4.69) is 15.4 Å². The molecule has 1 amide bonds. The zero-order valence-electron chi connectivity index (χ0n) is 17.2. The van der Waals surface area contributed by atoms with Crippen LogP contribution in [-0.2, 0) is 11.3 Å². The van der Waals surface area contributed by atoms with E-state index in [0.717, 1.165) is 16.9 Å². The van der Waals surface area contributed by atoms with E-state index < -0.39 is 0 Å². The number of fused-ring (bicyclic) bond motifs is 1. The molecule has 1 N–H and O–H groups in total. The second kappa shape index (κ2) is 7.94. The number of nitrogens with one attached hydrogen (secondary N) is 1. The molecule has 7 nitrogen and oxygen atoms in total. The van der Waals surface area contributed by atoms with Gasteiger partial charge in [-0.25, -0.2) is 9.67 Å². The second-order valence-corrected chi connectivity index (χ2v) is 7.34. The zero-order chi connectivity index (χ0) is 21.3. The van der Waals surface area contributed by atoms with Crippen molar-refractivity contribution in [1.29, 1.82) is 0 Å². The molecular weight excluding hydrogens is 378 g/mol. The zero-order valence-corrected chi connectivity index (χ0v) is 17.2. The van der Waals surface area contributed by atoms with Gasteiger partial charge in [0.05, 0.1) is 11.9 Å². The molecule has 30 heavy (non-hydrogen) atoms. The molecule has 4 rings (SSSR count). The van der Waals surface area contributed by atoms with Gasteiger partial charge in [0.25, 0.3) is 5.56 Å². The maximum Gasteiger partial charge on any atom is 0.264 e. The minimum atomic E-state index is -0.196. The third-order valence-electron chi connectivity index (χ3n) is 5.23. The smallest absolute Gasteiger partial charge is 0.264 e. The summed E-state index contributed by atoms with van der Waals surface area (Å²) >= 11 is 0. The molecular formula is C23H23N5O2. The summed E-state index contributed by atoms with van der Waals surface area (Å²) in [7, 11) is 0. The van der Waals surface area contributed by atoms with Gasteiger partial charge in [0, 0.05) is 18.7 Å². The van der Waals surface area contributed by atoms with Crippen molar-refractivity contribution in [2.24, 2.45) is 0 Å². The maximum atomic E-state index is 13.0. The largest absolute Gasteiger partial charge is 0.326 e. The lowest BCUT2D eigenvalue weighted by molar-refractivity contribution is -0.116. The van der Waals surface area contributed by atoms with Crippen LogP contribution in [0.25, 0.3) is 16.7 Å². The molecule has 0 fully saturated rings. The van der Waals surface area contributed by atoms with E-state index in [4.69, 9.17) is 0 Å². The van der Waals surface area contributed by atoms with Gasteiger partial charge in [-0.2, -0.15) is 5.10 Å². The first-order valence-corrected chi connectivity index (χ1v) is 9.82. The van der Waals surface area contributed by atoms with E-state index in [0.29, 0.717) is 16.9 Å². The number of aromatic nitrogens is 4. The molecule has 2 aromatic carbocycles. The van der Waals surface area contributed by atoms with Crippen LogP contribution in [-0.4, -0.2) is 25.2 Å². The maximum absolute atomic E-state index is 13.0. The molecule has 0 aliphatic heterocycles. The minimum Gasteiger partial charge on any atom is -0.326 e. The average molecular weight is 401 g/mol. The second-order valence-electron chi connectivity index (χ2n) is 7.34. The van der Waals surface area contributed by atoms with Crippen LogP contribution in [0.5, 0.6) is 0 Å². The molecule has 0 radical (unpaired) electrons. The standard InChI is InChI=1S/C23H23N5O2/c1-15-9-10-18(13-16(15)2)26-21(29)11-12-27-17(3)25-22-20(23(27)30)14-24-28(22)19-7-5-4-6-8-19/h4-10,13-14H,11-12H2,1-3H3,(H,26,29). The number of nitrogens with zero attached hydrogens (tertiary/aromatic N) is 4. The highest BCUT2D eigenvalue weighted by atomic mass is 16.2. The van der Waals surface area contributed by atoms with Gasteiger partial charge in [-0.15, -0.1) is 0 Å². The Kier molecular flexibility index (Phi) is 5.18. The summed E-state index contributed by atoms with van der Waals surface area (Å²) in [6.45, 7) is 6.05. The Morgan fingerprint density at radius 3 is 2.53 bits per heavy atom. The molecule has 7 heteroatoms. The molecule has 0 saturated carbocycles. The Hall–Kier alpha value is -3.74. The van der Waals surface area contributed by atoms with Gasteiger partial charge in [-0.05, 0) is 56.2 Å². The van der Waals surface area contributed by atoms with Crippen molar-refractivity contribution < 1.29 is 4.79 Å². The number of anilines is 1. The summed E-state index contributed by atoms with van der Waals surface area (Å²) in [5, 5.41) is 7.66. The number of amides is 1. The molecule has 2 heterocycles. The number of para-hydroxylation sites is 1. The Labute approximate surface area is 174 Å². The average Bonchev–Trinajstić information content (AvgIpc) is 3.15. The summed E-state index contributed by atoms with van der Waals surface area (Å²) in [6.07, 6.45) is 1.70. The number of carbonyl (C=O) groups is 1. The summed E-state index contributed by atoms with van der Waals surface area (Å²) in [5.74, 6) is 0.397. The summed E-state index contributed by atoms with van der Waals surface area (Å²) in [6, 6.07) is 15.3. The van der Waals surface area contributed by atoms with Crippen LogP contribution in [0.1, 0.15) is 23.4 Å². The lowest BCUT2D eigenvalue weighted by Crippen LogP contribution is -2.26. The topological polar surface area (TPSA) is 81.8 Å². The molecule has 2 aromatic heterocycles. The Morgan fingerprint density at radius 1 is 1.03 bits per heavy atom. The van der Waals surface area contributed by atoms with Crippen molar-refractivity contribution in [3.05, 3.63) is 82.0 Å². The monoisotopic (exact) mass is 401 g/mol. The SMILES string of the molecule is Cc1ccc(NC(=O)CCn2c(C)nc3c(cnn3-c3ccccc3)c2=O)cc1C. The summed E-state index contributed by atoms with van der Waals surface area (Å²) < 4.78 is 3.18. The van der Waals surface area contributed by atoms with Gasteiger partial charge in [-0.3, -0.25) is 14.2 Å². The predicted molar refractivity (Wildman–Crippen MR) is 117 cm³/mol. The summed E-state index contributed by atoms with van der Waals surface area (Å²) in [4.78, 5) is 30.0. The van der Waals surface area contributed by atoms with Crippen LogP contribution in [0.4, 0.5) is 5.69 Å². The van der Waals surface area contributed by atoms with Crippen LogP contribution >= 0.6 is 0 Å². The van der Waals surface area contributed by atoms with Crippen LogP contribution in [0, 0.1) is 20.8 Å². The molecule has 0 bridgehead atoms. The van der Waals surface area contributed by atoms with Gasteiger partial charge in [0.15, 0.2) is 5.65 Å². The van der Waals surface area contributed by atoms with Crippen molar-refractivity contribution in [3.8, 4) is 5.69 Å². The number of aryl methyl sites for hydroxylation is 3. The molecule has 0 spiro atoms. The lowest BCUT2D eigenvalue weighted by atomic mass is 10.1. The number of hydrogen-bond acceptors (Lipinski definition) is 4. The van der Waals surface area contributed by atoms with E-state index in [1.165, 1.54) is 16.3 Å². The fraction of sp³-hybridized carbons (Fsp3) is 0.217. The Balaban J connectivity index is 1.55. The number of benzene rings is 2. The Bertz CT molecular complexity index is 1290. The van der Waals surface area contributed by atoms with Crippen molar-refractivity contribution in [1.82, 2.24) is 19.3 Å². The highest BCUT2D eigenvalue weighted by Crippen LogP contribution is 2.16. The molecule has 0 unspecified atom stereocenters. The predicted octanol–water partition coefficient (Wildman–Crippen LogP) is 3.54. The first-order chi connectivity index (χ1) is 14.4. The highest BCUT2D eigenvalue weighted by molar-refractivity contribution is 5.90. The molecule has 0 aliphatic rings. The van der Waals surface area contributed by atoms with E-state index in [1.807, 2.05) is 62.4 Å². The normalized spacial score (nSPS) is 11.0. The fourth-order valence-corrected chi connectivity index (χ4v) is 3.38. The van der Waals surface area contributed by atoms with E-state index in [9.17, 15) is 9.59 Å². The van der Waals surface area contributed by atoms with E-state index in [1.54, 1.807) is 11.6 Å². The Morgan fingerprint density at radius 2 is 1.80 bits per heavy atom. The number of hydrogen-bond donors (Lipinski definition) is 1. The fourth-order valence-electron chi connectivity index (χ4n) is 3.38. The van der Waals surface area contributed by atoms with Gasteiger partial charge >= 0.3 is 0 Å². The summed E-state index contributed by atoms with van der Waals surface area (Å²) in [5.41, 5.74) is 4.20. The van der Waals surface area contributed by atoms with Gasteiger partial charge in [-0.1, -0.05) is 24.3 Å². The van der Waals surface area contributed by atoms with Crippen molar-refractivity contribution in [3.63, 3.8) is 0 Å². The molecule has 152 valence electrons. The molecule has 0 saturated heterocycles. The highest BCUT2D eigenvalue weighted by Gasteiger charge is 2.15. The first-order valence-electron chi connectivity index (χ1n) is 9.82.